The first-order valence-electron chi connectivity index (χ1n) is 7.27. The number of aryl methyl sites for hydroxylation is 1. The highest BCUT2D eigenvalue weighted by atomic mass is 15.2. The molecule has 2 heteroatoms. The number of piperidine rings is 3. The minimum absolute atomic E-state index is 0.468. The largest absolute Gasteiger partial charge is 0.306 e. The summed E-state index contributed by atoms with van der Waals surface area (Å²) in [6.07, 6.45) is 2.77. The summed E-state index contributed by atoms with van der Waals surface area (Å²) in [7, 11) is 0. The highest BCUT2D eigenvalue weighted by Crippen LogP contribution is 2.29. The van der Waals surface area contributed by atoms with Crippen molar-refractivity contribution in [2.24, 2.45) is 5.92 Å². The molecule has 98 valence electrons. The molecule has 0 spiro atoms. The highest BCUT2D eigenvalue weighted by molar-refractivity contribution is 5.24. The molecular formula is C16H24N2. The second kappa shape index (κ2) is 5.02. The SMILES string of the molecule is Cc1cccc([C@@H](C)NC2CN3CCC2CC3)c1. The fourth-order valence-electron chi connectivity index (χ4n) is 3.51. The van der Waals surface area contributed by atoms with E-state index in [0.717, 1.165) is 5.92 Å². The van der Waals surface area contributed by atoms with Gasteiger partial charge in [-0.2, -0.15) is 0 Å². The molecule has 0 amide bonds. The van der Waals surface area contributed by atoms with Crippen molar-refractivity contribution >= 4 is 0 Å². The van der Waals surface area contributed by atoms with Crippen LogP contribution in [0, 0.1) is 12.8 Å². The molecule has 18 heavy (non-hydrogen) atoms. The number of nitrogens with one attached hydrogen (secondary N) is 1. The van der Waals surface area contributed by atoms with Gasteiger partial charge in [-0.1, -0.05) is 29.8 Å². The third kappa shape index (κ3) is 2.45. The van der Waals surface area contributed by atoms with Crippen LogP contribution >= 0.6 is 0 Å². The summed E-state index contributed by atoms with van der Waals surface area (Å²) in [5, 5.41) is 3.85. The van der Waals surface area contributed by atoms with Gasteiger partial charge in [0.1, 0.15) is 0 Å². The zero-order chi connectivity index (χ0) is 12.5. The van der Waals surface area contributed by atoms with Crippen LogP contribution in [0.5, 0.6) is 0 Å². The third-order valence-electron chi connectivity index (χ3n) is 4.66. The van der Waals surface area contributed by atoms with Crippen LogP contribution in [0.1, 0.15) is 36.9 Å². The van der Waals surface area contributed by atoms with E-state index in [2.05, 4.69) is 48.3 Å². The molecule has 4 rings (SSSR count). The van der Waals surface area contributed by atoms with Gasteiger partial charge < -0.3 is 10.2 Å². The van der Waals surface area contributed by atoms with E-state index in [4.69, 9.17) is 0 Å². The molecule has 3 heterocycles. The van der Waals surface area contributed by atoms with E-state index < -0.39 is 0 Å². The molecule has 1 unspecified atom stereocenters. The van der Waals surface area contributed by atoms with Gasteiger partial charge in [-0.15, -0.1) is 0 Å². The van der Waals surface area contributed by atoms with Crippen molar-refractivity contribution in [3.63, 3.8) is 0 Å². The summed E-state index contributed by atoms with van der Waals surface area (Å²) in [4.78, 5) is 2.61. The van der Waals surface area contributed by atoms with E-state index >= 15 is 0 Å². The topological polar surface area (TPSA) is 15.3 Å². The lowest BCUT2D eigenvalue weighted by atomic mass is 9.83. The van der Waals surface area contributed by atoms with Crippen molar-refractivity contribution in [2.75, 3.05) is 19.6 Å². The molecule has 3 aliphatic heterocycles. The van der Waals surface area contributed by atoms with Crippen LogP contribution in [0.15, 0.2) is 24.3 Å². The van der Waals surface area contributed by atoms with Crippen LogP contribution in [-0.2, 0) is 0 Å². The van der Waals surface area contributed by atoms with Crippen LogP contribution in [0.2, 0.25) is 0 Å². The fourth-order valence-corrected chi connectivity index (χ4v) is 3.51. The van der Waals surface area contributed by atoms with Crippen LogP contribution in [0.25, 0.3) is 0 Å². The van der Waals surface area contributed by atoms with Crippen molar-refractivity contribution in [2.45, 2.75) is 38.8 Å². The average Bonchev–Trinajstić information content (AvgIpc) is 2.40. The summed E-state index contributed by atoms with van der Waals surface area (Å²) >= 11 is 0. The standard InChI is InChI=1S/C16H24N2/c1-12-4-3-5-15(10-12)13(2)17-16-11-18-8-6-14(16)7-9-18/h3-5,10,13-14,16-17H,6-9,11H2,1-2H3/t13-,16?/m1/s1. The van der Waals surface area contributed by atoms with Crippen LogP contribution < -0.4 is 5.32 Å². The fraction of sp³-hybridized carbons (Fsp3) is 0.625. The van der Waals surface area contributed by atoms with Crippen molar-refractivity contribution in [1.82, 2.24) is 10.2 Å². The molecule has 1 aromatic carbocycles. The summed E-state index contributed by atoms with van der Waals surface area (Å²) in [5.74, 6) is 0.905. The quantitative estimate of drug-likeness (QED) is 0.879. The molecule has 0 saturated carbocycles. The number of rotatable bonds is 3. The molecule has 1 N–H and O–H groups in total. The molecule has 3 aliphatic rings. The molecule has 1 aromatic rings. The Bertz CT molecular complexity index is 407. The van der Waals surface area contributed by atoms with Crippen molar-refractivity contribution in [3.8, 4) is 0 Å². The van der Waals surface area contributed by atoms with Crippen molar-refractivity contribution < 1.29 is 0 Å². The van der Waals surface area contributed by atoms with Crippen molar-refractivity contribution in [1.29, 1.82) is 0 Å². The summed E-state index contributed by atoms with van der Waals surface area (Å²) in [5.41, 5.74) is 2.78. The van der Waals surface area contributed by atoms with Gasteiger partial charge in [-0.3, -0.25) is 0 Å². The Morgan fingerprint density at radius 3 is 2.67 bits per heavy atom. The van der Waals surface area contributed by atoms with Gasteiger partial charge in [0, 0.05) is 18.6 Å². The zero-order valence-corrected chi connectivity index (χ0v) is 11.5. The Balaban J connectivity index is 1.66. The second-order valence-corrected chi connectivity index (χ2v) is 6.05. The van der Waals surface area contributed by atoms with Gasteiger partial charge in [0.05, 0.1) is 0 Å². The van der Waals surface area contributed by atoms with Gasteiger partial charge in [-0.25, -0.2) is 0 Å². The van der Waals surface area contributed by atoms with Crippen LogP contribution in [-0.4, -0.2) is 30.6 Å². The number of nitrogens with zero attached hydrogens (tertiary/aromatic N) is 1. The van der Waals surface area contributed by atoms with E-state index in [9.17, 15) is 0 Å². The van der Waals surface area contributed by atoms with Gasteiger partial charge >= 0.3 is 0 Å². The predicted molar refractivity (Wildman–Crippen MR) is 75.7 cm³/mol. The lowest BCUT2D eigenvalue weighted by molar-refractivity contribution is 0.0680. The molecule has 0 aliphatic carbocycles. The Hall–Kier alpha value is -0.860. The average molecular weight is 244 g/mol. The van der Waals surface area contributed by atoms with E-state index in [1.807, 2.05) is 0 Å². The first-order chi connectivity index (χ1) is 8.72. The Morgan fingerprint density at radius 1 is 1.28 bits per heavy atom. The monoisotopic (exact) mass is 244 g/mol. The number of hydrogen-bond acceptors (Lipinski definition) is 2. The van der Waals surface area contributed by atoms with Gasteiger partial charge in [-0.05, 0) is 51.3 Å². The summed E-state index contributed by atoms with van der Waals surface area (Å²) < 4.78 is 0. The molecule has 0 radical (unpaired) electrons. The minimum Gasteiger partial charge on any atom is -0.306 e. The highest BCUT2D eigenvalue weighted by Gasteiger charge is 2.34. The minimum atomic E-state index is 0.468. The zero-order valence-electron chi connectivity index (χ0n) is 11.5. The van der Waals surface area contributed by atoms with Crippen LogP contribution in [0.3, 0.4) is 0 Å². The summed E-state index contributed by atoms with van der Waals surface area (Å²) in [6, 6.07) is 10.0. The second-order valence-electron chi connectivity index (χ2n) is 6.05. The van der Waals surface area contributed by atoms with Gasteiger partial charge in [0.25, 0.3) is 0 Å². The van der Waals surface area contributed by atoms with E-state index in [1.54, 1.807) is 0 Å². The van der Waals surface area contributed by atoms with E-state index in [1.165, 1.54) is 43.6 Å². The first kappa shape index (κ1) is 12.2. The lowest BCUT2D eigenvalue weighted by Gasteiger charge is -2.46. The third-order valence-corrected chi connectivity index (χ3v) is 4.66. The number of hydrogen-bond donors (Lipinski definition) is 1. The molecule has 2 atom stereocenters. The van der Waals surface area contributed by atoms with Gasteiger partial charge in [0.15, 0.2) is 0 Å². The smallest absolute Gasteiger partial charge is 0.0295 e. The molecule has 2 bridgehead atoms. The molecule has 2 nitrogen and oxygen atoms in total. The maximum Gasteiger partial charge on any atom is 0.0295 e. The summed E-state index contributed by atoms with van der Waals surface area (Å²) in [6.45, 7) is 8.36. The van der Waals surface area contributed by atoms with Gasteiger partial charge in [0.2, 0.25) is 0 Å². The number of fused-ring (bicyclic) bond motifs is 3. The van der Waals surface area contributed by atoms with Crippen molar-refractivity contribution in [3.05, 3.63) is 35.4 Å². The normalized spacial score (nSPS) is 32.4. The van der Waals surface area contributed by atoms with E-state index in [0.29, 0.717) is 12.1 Å². The number of benzene rings is 1. The maximum absolute atomic E-state index is 3.85. The Labute approximate surface area is 110 Å². The Kier molecular flexibility index (Phi) is 3.40. The van der Waals surface area contributed by atoms with Crippen LogP contribution in [0.4, 0.5) is 0 Å². The lowest BCUT2D eigenvalue weighted by Crippen LogP contribution is -2.56. The molecule has 3 fully saturated rings. The molecule has 3 saturated heterocycles. The molecule has 0 aromatic heterocycles. The first-order valence-corrected chi connectivity index (χ1v) is 7.27. The molecular weight excluding hydrogens is 220 g/mol. The maximum atomic E-state index is 3.85. The Morgan fingerprint density at radius 2 is 2.06 bits per heavy atom. The van der Waals surface area contributed by atoms with E-state index in [-0.39, 0.29) is 0 Å². The predicted octanol–water partition coefficient (Wildman–Crippen LogP) is 2.74.